The molecule has 4 nitrogen and oxygen atoms in total. The number of ether oxygens (including phenoxy) is 1. The van der Waals surface area contributed by atoms with Gasteiger partial charge >= 0.3 is 5.97 Å². The van der Waals surface area contributed by atoms with Gasteiger partial charge in [-0.1, -0.05) is 19.1 Å². The third-order valence-corrected chi connectivity index (χ3v) is 3.00. The quantitative estimate of drug-likeness (QED) is 0.745. The van der Waals surface area contributed by atoms with Crippen molar-refractivity contribution >= 4 is 11.7 Å². The number of rotatable bonds is 2. The summed E-state index contributed by atoms with van der Waals surface area (Å²) in [6.45, 7) is 1.92. The second-order valence-corrected chi connectivity index (χ2v) is 4.05. The van der Waals surface area contributed by atoms with E-state index in [1.807, 2.05) is 19.1 Å². The van der Waals surface area contributed by atoms with Crippen LogP contribution in [0.15, 0.2) is 18.2 Å². The van der Waals surface area contributed by atoms with Crippen LogP contribution in [0, 0.1) is 5.92 Å². The minimum Gasteiger partial charge on any atom is -0.487 e. The maximum Gasteiger partial charge on any atom is 0.310 e. The molecule has 0 fully saturated rings. The zero-order chi connectivity index (χ0) is 11.7. The number of carbonyl (C=O) groups is 1. The Morgan fingerprint density at radius 2 is 2.38 bits per heavy atom. The van der Waals surface area contributed by atoms with Gasteiger partial charge in [0.2, 0.25) is 0 Å². The van der Waals surface area contributed by atoms with Crippen LogP contribution in [0.25, 0.3) is 0 Å². The van der Waals surface area contributed by atoms with Gasteiger partial charge in [-0.05, 0) is 24.5 Å². The Morgan fingerprint density at radius 1 is 1.62 bits per heavy atom. The number of benzene rings is 1. The second-order valence-electron chi connectivity index (χ2n) is 4.05. The van der Waals surface area contributed by atoms with Gasteiger partial charge in [-0.15, -0.1) is 0 Å². The van der Waals surface area contributed by atoms with Crippen LogP contribution < -0.4 is 10.5 Å². The molecule has 1 aliphatic rings. The van der Waals surface area contributed by atoms with E-state index in [9.17, 15) is 4.79 Å². The summed E-state index contributed by atoms with van der Waals surface area (Å²) >= 11 is 0. The molecule has 0 aliphatic carbocycles. The maximum absolute atomic E-state index is 11.1. The van der Waals surface area contributed by atoms with Crippen LogP contribution in [0.2, 0.25) is 0 Å². The Morgan fingerprint density at radius 3 is 3.00 bits per heavy atom. The monoisotopic (exact) mass is 221 g/mol. The van der Waals surface area contributed by atoms with Crippen molar-refractivity contribution < 1.29 is 14.6 Å². The van der Waals surface area contributed by atoms with E-state index >= 15 is 0 Å². The van der Waals surface area contributed by atoms with Crippen LogP contribution in [-0.2, 0) is 11.2 Å². The number of carboxylic acids is 1. The molecule has 1 aliphatic heterocycles. The molecule has 3 N–H and O–H groups in total. The molecule has 1 aromatic carbocycles. The highest BCUT2D eigenvalue weighted by Gasteiger charge is 2.34. The van der Waals surface area contributed by atoms with E-state index in [1.165, 1.54) is 0 Å². The van der Waals surface area contributed by atoms with Gasteiger partial charge < -0.3 is 15.6 Å². The molecule has 1 heterocycles. The van der Waals surface area contributed by atoms with Gasteiger partial charge in [0.1, 0.15) is 11.9 Å². The van der Waals surface area contributed by atoms with Crippen molar-refractivity contribution in [2.75, 3.05) is 5.73 Å². The summed E-state index contributed by atoms with van der Waals surface area (Å²) in [4.78, 5) is 11.1. The van der Waals surface area contributed by atoms with Gasteiger partial charge in [-0.25, -0.2) is 0 Å². The number of nitrogens with two attached hydrogens (primary N) is 1. The van der Waals surface area contributed by atoms with Gasteiger partial charge in [-0.3, -0.25) is 4.79 Å². The first kappa shape index (κ1) is 10.8. The normalized spacial score (nSPS) is 23.3. The molecular weight excluding hydrogens is 206 g/mol. The Hall–Kier alpha value is -1.71. The molecule has 0 bridgehead atoms. The lowest BCUT2D eigenvalue weighted by Crippen LogP contribution is -2.37. The highest BCUT2D eigenvalue weighted by atomic mass is 16.5. The number of hydrogen-bond acceptors (Lipinski definition) is 3. The zero-order valence-electron chi connectivity index (χ0n) is 9.14. The molecular formula is C12H15NO3. The predicted molar refractivity (Wildman–Crippen MR) is 60.4 cm³/mol. The number of nitrogen functional groups attached to an aromatic ring is 1. The van der Waals surface area contributed by atoms with Crippen LogP contribution in [-0.4, -0.2) is 17.2 Å². The van der Waals surface area contributed by atoms with E-state index in [2.05, 4.69) is 0 Å². The second kappa shape index (κ2) is 4.04. The van der Waals surface area contributed by atoms with Crippen LogP contribution in [0.1, 0.15) is 18.9 Å². The van der Waals surface area contributed by atoms with Crippen LogP contribution in [0.5, 0.6) is 5.75 Å². The zero-order valence-corrected chi connectivity index (χ0v) is 9.14. The molecule has 0 saturated carbocycles. The first-order chi connectivity index (χ1) is 7.63. The summed E-state index contributed by atoms with van der Waals surface area (Å²) in [5, 5.41) is 9.12. The van der Waals surface area contributed by atoms with Crippen molar-refractivity contribution in [3.63, 3.8) is 0 Å². The third kappa shape index (κ3) is 1.71. The highest BCUT2D eigenvalue weighted by Crippen LogP contribution is 2.36. The van der Waals surface area contributed by atoms with Crippen LogP contribution in [0.3, 0.4) is 0 Å². The summed E-state index contributed by atoms with van der Waals surface area (Å²) in [5.41, 5.74) is 7.28. The summed E-state index contributed by atoms with van der Waals surface area (Å²) in [5.74, 6) is -0.619. The van der Waals surface area contributed by atoms with E-state index in [0.29, 0.717) is 24.3 Å². The Bertz CT molecular complexity index is 417. The van der Waals surface area contributed by atoms with E-state index in [-0.39, 0.29) is 6.10 Å². The molecule has 0 spiro atoms. The van der Waals surface area contributed by atoms with Crippen molar-refractivity contribution in [1.29, 1.82) is 0 Å². The van der Waals surface area contributed by atoms with Gasteiger partial charge in [0, 0.05) is 0 Å². The summed E-state index contributed by atoms with van der Waals surface area (Å²) in [7, 11) is 0. The fraction of sp³-hybridized carbons (Fsp3) is 0.417. The molecule has 2 unspecified atom stereocenters. The van der Waals surface area contributed by atoms with E-state index < -0.39 is 11.9 Å². The van der Waals surface area contributed by atoms with Crippen LogP contribution >= 0.6 is 0 Å². The molecule has 2 rings (SSSR count). The highest BCUT2D eigenvalue weighted by molar-refractivity contribution is 5.73. The predicted octanol–water partition coefficient (Wildman–Crippen LogP) is 1.68. The van der Waals surface area contributed by atoms with Crippen LogP contribution in [0.4, 0.5) is 5.69 Å². The average molecular weight is 221 g/mol. The Kier molecular flexibility index (Phi) is 2.73. The lowest BCUT2D eigenvalue weighted by Gasteiger charge is -2.31. The van der Waals surface area contributed by atoms with Crippen molar-refractivity contribution in [2.45, 2.75) is 25.9 Å². The largest absolute Gasteiger partial charge is 0.487 e. The molecule has 0 radical (unpaired) electrons. The molecule has 4 heteroatoms. The lowest BCUT2D eigenvalue weighted by molar-refractivity contribution is -0.145. The Balaban J connectivity index is 2.37. The molecule has 86 valence electrons. The number of hydrogen-bond donors (Lipinski definition) is 2. The lowest BCUT2D eigenvalue weighted by atomic mass is 9.89. The van der Waals surface area contributed by atoms with Gasteiger partial charge in [0.15, 0.2) is 0 Å². The molecule has 16 heavy (non-hydrogen) atoms. The maximum atomic E-state index is 11.1. The van der Waals surface area contributed by atoms with Crippen molar-refractivity contribution in [3.05, 3.63) is 23.8 Å². The third-order valence-electron chi connectivity index (χ3n) is 3.00. The molecule has 2 atom stereocenters. The minimum atomic E-state index is -0.806. The number of para-hydroxylation sites is 1. The molecule has 0 amide bonds. The number of anilines is 1. The standard InChI is InChI=1S/C12H15NO3/c1-2-10-8(12(14)15)6-7-4-3-5-9(13)11(7)16-10/h3-5,8,10H,2,6,13H2,1H3,(H,14,15). The van der Waals surface area contributed by atoms with Gasteiger partial charge in [-0.2, -0.15) is 0 Å². The minimum absolute atomic E-state index is 0.283. The van der Waals surface area contributed by atoms with Crippen molar-refractivity contribution in [1.82, 2.24) is 0 Å². The smallest absolute Gasteiger partial charge is 0.310 e. The first-order valence-corrected chi connectivity index (χ1v) is 5.40. The van der Waals surface area contributed by atoms with E-state index in [0.717, 1.165) is 5.56 Å². The van der Waals surface area contributed by atoms with Gasteiger partial charge in [0.25, 0.3) is 0 Å². The van der Waals surface area contributed by atoms with Crippen molar-refractivity contribution in [2.24, 2.45) is 5.92 Å². The average Bonchev–Trinajstić information content (AvgIpc) is 2.28. The summed E-state index contributed by atoms with van der Waals surface area (Å²) in [6.07, 6.45) is 0.883. The SMILES string of the molecule is CCC1Oc2c(N)cccc2CC1C(=O)O. The fourth-order valence-electron chi connectivity index (χ4n) is 2.13. The number of fused-ring (bicyclic) bond motifs is 1. The molecule has 0 saturated heterocycles. The van der Waals surface area contributed by atoms with Crippen molar-refractivity contribution in [3.8, 4) is 5.75 Å². The molecule has 1 aromatic rings. The van der Waals surface area contributed by atoms with E-state index in [4.69, 9.17) is 15.6 Å². The molecule has 0 aromatic heterocycles. The number of carboxylic acid groups (broad SMARTS) is 1. The topological polar surface area (TPSA) is 72.5 Å². The summed E-state index contributed by atoms with van der Waals surface area (Å²) < 4.78 is 5.68. The van der Waals surface area contributed by atoms with E-state index in [1.54, 1.807) is 6.07 Å². The van der Waals surface area contributed by atoms with Gasteiger partial charge in [0.05, 0.1) is 11.6 Å². The Labute approximate surface area is 94.0 Å². The number of aliphatic carboxylic acids is 1. The fourth-order valence-corrected chi connectivity index (χ4v) is 2.13. The summed E-state index contributed by atoms with van der Waals surface area (Å²) in [6, 6.07) is 5.46. The first-order valence-electron chi connectivity index (χ1n) is 5.40.